The van der Waals surface area contributed by atoms with Crippen molar-refractivity contribution in [3.63, 3.8) is 0 Å². The van der Waals surface area contributed by atoms with Crippen LogP contribution in [-0.4, -0.2) is 13.2 Å². The Hall–Kier alpha value is -0.0488. The normalized spacial score (nSPS) is 10.8. The van der Waals surface area contributed by atoms with Gasteiger partial charge in [0.2, 0.25) is 0 Å². The number of phenols is 1. The van der Waals surface area contributed by atoms with E-state index in [1.165, 1.54) is 5.19 Å². The third-order valence-corrected chi connectivity index (χ3v) is 3.95. The van der Waals surface area contributed by atoms with Crippen LogP contribution < -0.4 is 5.19 Å². The molecule has 0 aliphatic carbocycles. The maximum absolute atomic E-state index is 9.38. The Kier molecular flexibility index (Phi) is 4.43. The van der Waals surface area contributed by atoms with Crippen LogP contribution in [0.4, 0.5) is 0 Å². The van der Waals surface area contributed by atoms with Crippen LogP contribution in [0, 0.1) is 6.92 Å². The van der Waals surface area contributed by atoms with Gasteiger partial charge in [-0.3, -0.25) is 0 Å². The van der Waals surface area contributed by atoms with Crippen molar-refractivity contribution in [2.45, 2.75) is 26.6 Å². The topological polar surface area (TPSA) is 20.2 Å². The van der Waals surface area contributed by atoms with Crippen LogP contribution in [0.5, 0.6) is 5.75 Å². The van der Waals surface area contributed by atoms with E-state index in [1.807, 2.05) is 13.0 Å². The Balaban J connectivity index is 0.00000144. The van der Waals surface area contributed by atoms with Crippen molar-refractivity contribution >= 4 is 13.3 Å². The number of benzene rings is 1. The molecule has 70 valence electrons. The molecule has 1 aromatic rings. The van der Waals surface area contributed by atoms with E-state index in [2.05, 4.69) is 25.7 Å². The molecule has 0 bridgehead atoms. The number of aryl methyl sites for hydroxylation is 1. The van der Waals surface area contributed by atoms with Gasteiger partial charge in [0.15, 0.2) is 0 Å². The minimum atomic E-state index is -1.26. The second-order valence-corrected chi connectivity index (χ2v) is 9.38. The summed E-state index contributed by atoms with van der Waals surface area (Å²) in [6.45, 7) is 8.85. The molecule has 0 radical (unpaired) electrons. The number of hydrogen-bond donors (Lipinski definition) is 1. The fourth-order valence-electron chi connectivity index (χ4n) is 1.20. The molecule has 0 aromatic heterocycles. The van der Waals surface area contributed by atoms with Crippen LogP contribution >= 0.6 is 0 Å². The van der Waals surface area contributed by atoms with E-state index in [0.29, 0.717) is 5.75 Å². The second-order valence-electron chi connectivity index (χ2n) is 4.31. The number of phenolic OH excluding ortho intramolecular Hbond substituents is 1. The molecule has 0 fully saturated rings. The van der Waals surface area contributed by atoms with Crippen molar-refractivity contribution in [1.82, 2.24) is 0 Å². The summed E-state index contributed by atoms with van der Waals surface area (Å²) < 4.78 is 0. The largest absolute Gasteiger partial charge is 0.508 e. The Morgan fingerprint density at radius 2 is 1.62 bits per heavy atom. The predicted octanol–water partition coefficient (Wildman–Crippen LogP) is 2.24. The van der Waals surface area contributed by atoms with Gasteiger partial charge in [-0.05, 0) is 24.6 Å². The molecule has 0 atom stereocenters. The zero-order chi connectivity index (χ0) is 9.35. The molecule has 0 aliphatic heterocycles. The summed E-state index contributed by atoms with van der Waals surface area (Å²) in [4.78, 5) is 0. The molecule has 0 saturated carbocycles. The second kappa shape index (κ2) is 4.45. The molecule has 1 nitrogen and oxygen atoms in total. The molecule has 13 heavy (non-hydrogen) atoms. The summed E-state index contributed by atoms with van der Waals surface area (Å²) in [5, 5.41) is 10.7. The van der Waals surface area contributed by atoms with Gasteiger partial charge in [-0.15, -0.1) is 0 Å². The first-order chi connectivity index (χ1) is 5.39. The van der Waals surface area contributed by atoms with Gasteiger partial charge < -0.3 is 5.11 Å². The monoisotopic (exact) mass is 228 g/mol. The minimum Gasteiger partial charge on any atom is -0.508 e. The van der Waals surface area contributed by atoms with Crippen LogP contribution in [0.15, 0.2) is 18.2 Å². The summed E-state index contributed by atoms with van der Waals surface area (Å²) in [5.41, 5.74) is 1.15. The van der Waals surface area contributed by atoms with E-state index >= 15 is 0 Å². The standard InChI is InChI=1S/C10H16OSi.Ti/c1-8-5-9(11)7-10(6-8)12(2,3)4;/h5-7,11H,1-4H3;. The molecule has 0 aliphatic rings. The Morgan fingerprint density at radius 3 is 2.00 bits per heavy atom. The smallest absolute Gasteiger partial charge is 0.115 e. The van der Waals surface area contributed by atoms with Crippen LogP contribution in [0.25, 0.3) is 0 Å². The van der Waals surface area contributed by atoms with Gasteiger partial charge in [0.05, 0.1) is 8.07 Å². The summed E-state index contributed by atoms with van der Waals surface area (Å²) in [5.74, 6) is 0.396. The molecule has 1 aromatic carbocycles. The van der Waals surface area contributed by atoms with E-state index in [0.717, 1.165) is 5.56 Å². The van der Waals surface area contributed by atoms with Crippen molar-refractivity contribution < 1.29 is 26.8 Å². The summed E-state index contributed by atoms with van der Waals surface area (Å²) in [6, 6.07) is 5.86. The third-order valence-electron chi connectivity index (χ3n) is 1.93. The molecule has 3 heteroatoms. The van der Waals surface area contributed by atoms with Crippen LogP contribution in [0.3, 0.4) is 0 Å². The first-order valence-corrected chi connectivity index (χ1v) is 7.71. The van der Waals surface area contributed by atoms with E-state index in [1.54, 1.807) is 6.07 Å². The molecule has 1 N–H and O–H groups in total. The van der Waals surface area contributed by atoms with Crippen molar-refractivity contribution in [1.29, 1.82) is 0 Å². The molecular weight excluding hydrogens is 212 g/mol. The quantitative estimate of drug-likeness (QED) is 0.731. The van der Waals surface area contributed by atoms with Crippen molar-refractivity contribution in [2.24, 2.45) is 0 Å². The SMILES string of the molecule is Cc1cc(O)cc([Si](C)(C)C)c1.[Ti]. The predicted molar refractivity (Wildman–Crippen MR) is 55.8 cm³/mol. The van der Waals surface area contributed by atoms with Crippen LogP contribution in [0.2, 0.25) is 19.6 Å². The summed E-state index contributed by atoms with van der Waals surface area (Å²) >= 11 is 0. The van der Waals surface area contributed by atoms with Gasteiger partial charge in [-0.1, -0.05) is 30.9 Å². The van der Waals surface area contributed by atoms with Gasteiger partial charge in [-0.2, -0.15) is 0 Å². The maximum atomic E-state index is 9.38. The van der Waals surface area contributed by atoms with Gasteiger partial charge in [0, 0.05) is 21.7 Å². The summed E-state index contributed by atoms with van der Waals surface area (Å²) in [7, 11) is -1.26. The molecule has 0 amide bonds. The van der Waals surface area contributed by atoms with Crippen LogP contribution in [0.1, 0.15) is 5.56 Å². The fraction of sp³-hybridized carbons (Fsp3) is 0.400. The average Bonchev–Trinajstić information content (AvgIpc) is 1.82. The average molecular weight is 228 g/mol. The van der Waals surface area contributed by atoms with Crippen molar-refractivity contribution in [3.8, 4) is 5.75 Å². The number of rotatable bonds is 1. The molecule has 1 rings (SSSR count). The van der Waals surface area contributed by atoms with Gasteiger partial charge >= 0.3 is 0 Å². The van der Waals surface area contributed by atoms with Crippen molar-refractivity contribution in [3.05, 3.63) is 23.8 Å². The van der Waals surface area contributed by atoms with E-state index in [9.17, 15) is 5.11 Å². The molecular formula is C10H16OSiTi. The first kappa shape index (κ1) is 13.0. The Labute approximate surface area is 96.1 Å². The van der Waals surface area contributed by atoms with Gasteiger partial charge in [0.1, 0.15) is 5.75 Å². The zero-order valence-corrected chi connectivity index (χ0v) is 11.2. The van der Waals surface area contributed by atoms with Gasteiger partial charge in [0.25, 0.3) is 0 Å². The minimum absolute atomic E-state index is 0. The molecule has 0 unspecified atom stereocenters. The van der Waals surface area contributed by atoms with Crippen LogP contribution in [-0.2, 0) is 21.7 Å². The van der Waals surface area contributed by atoms with Gasteiger partial charge in [-0.25, -0.2) is 0 Å². The van der Waals surface area contributed by atoms with E-state index in [-0.39, 0.29) is 21.7 Å². The molecule has 0 spiro atoms. The Morgan fingerprint density at radius 1 is 1.08 bits per heavy atom. The molecule has 0 saturated heterocycles. The van der Waals surface area contributed by atoms with Crippen molar-refractivity contribution in [2.75, 3.05) is 0 Å². The number of hydrogen-bond acceptors (Lipinski definition) is 1. The zero-order valence-electron chi connectivity index (χ0n) is 8.68. The fourth-order valence-corrected chi connectivity index (χ4v) is 2.44. The first-order valence-electron chi connectivity index (χ1n) is 4.21. The molecule has 0 heterocycles. The Bertz CT molecular complexity index is 271. The third kappa shape index (κ3) is 3.67. The maximum Gasteiger partial charge on any atom is 0.115 e. The summed E-state index contributed by atoms with van der Waals surface area (Å²) in [6.07, 6.45) is 0. The van der Waals surface area contributed by atoms with E-state index in [4.69, 9.17) is 0 Å². The van der Waals surface area contributed by atoms with E-state index < -0.39 is 8.07 Å². The number of aromatic hydroxyl groups is 1.